The van der Waals surface area contributed by atoms with Crippen molar-refractivity contribution in [3.05, 3.63) is 76.1 Å². The van der Waals surface area contributed by atoms with Crippen LogP contribution in [0.4, 0.5) is 19.6 Å². The molecule has 0 aliphatic carbocycles. The largest absolute Gasteiger partial charge is 0.326 e. The van der Waals surface area contributed by atoms with Gasteiger partial charge in [-0.3, -0.25) is 9.52 Å². The van der Waals surface area contributed by atoms with Gasteiger partial charge in [-0.05, 0) is 40.2 Å². The highest BCUT2D eigenvalue weighted by Crippen LogP contribution is 2.33. The number of anilines is 2. The Bertz CT molecular complexity index is 1250. The van der Waals surface area contributed by atoms with Gasteiger partial charge < -0.3 is 5.32 Å². The van der Waals surface area contributed by atoms with Crippen LogP contribution in [0.15, 0.2) is 58.9 Å². The highest BCUT2D eigenvalue weighted by Gasteiger charge is 2.29. The first-order chi connectivity index (χ1) is 14.6. The van der Waals surface area contributed by atoms with E-state index >= 15 is 0 Å². The summed E-state index contributed by atoms with van der Waals surface area (Å²) in [6.45, 7) is 4.85. The second-order valence-corrected chi connectivity index (χ2v) is 9.90. The molecular formula is C20H16BrF2N3O3S2. The number of rotatable bonds is 7. The standard InChI is InChI=1S/C20H16BrF2N3O3S2/c1-3-19(14-8-17(23)15(21)9-16(14)22)31(28,29)26-20-25-18(10-30-20)12-4-6-13(7-5-12)24-11(2)27/h3-10,19H,1H2,2H3,(H,24,27)(H,25,26). The summed E-state index contributed by atoms with van der Waals surface area (Å²) < 4.78 is 56.0. The molecule has 3 rings (SSSR count). The first-order valence-electron chi connectivity index (χ1n) is 8.73. The number of hydrogen-bond acceptors (Lipinski definition) is 5. The van der Waals surface area contributed by atoms with Gasteiger partial charge in [0, 0.05) is 29.1 Å². The first kappa shape index (κ1) is 23.0. The number of sulfonamides is 1. The summed E-state index contributed by atoms with van der Waals surface area (Å²) in [5.41, 5.74) is 1.46. The number of nitrogens with zero attached hydrogens (tertiary/aromatic N) is 1. The predicted octanol–water partition coefficient (Wildman–Crippen LogP) is 5.48. The molecule has 2 aromatic carbocycles. The van der Waals surface area contributed by atoms with Crippen molar-refractivity contribution in [1.82, 2.24) is 4.98 Å². The molecule has 11 heteroatoms. The summed E-state index contributed by atoms with van der Waals surface area (Å²) in [5, 5.41) is 2.83. The van der Waals surface area contributed by atoms with E-state index in [-0.39, 0.29) is 21.1 Å². The maximum Gasteiger partial charge on any atom is 0.245 e. The summed E-state index contributed by atoms with van der Waals surface area (Å²) in [7, 11) is -4.21. The minimum Gasteiger partial charge on any atom is -0.326 e. The monoisotopic (exact) mass is 527 g/mol. The van der Waals surface area contributed by atoms with Crippen molar-refractivity contribution in [3.63, 3.8) is 0 Å². The molecule has 31 heavy (non-hydrogen) atoms. The fourth-order valence-electron chi connectivity index (χ4n) is 2.74. The number of carbonyl (C=O) groups excluding carboxylic acids is 1. The molecule has 0 spiro atoms. The maximum absolute atomic E-state index is 14.3. The van der Waals surface area contributed by atoms with Gasteiger partial charge in [-0.2, -0.15) is 0 Å². The fraction of sp³-hybridized carbons (Fsp3) is 0.100. The zero-order valence-corrected chi connectivity index (χ0v) is 19.2. The number of nitrogens with one attached hydrogen (secondary N) is 2. The van der Waals surface area contributed by atoms with Crippen molar-refractivity contribution in [3.8, 4) is 11.3 Å². The van der Waals surface area contributed by atoms with E-state index in [1.807, 2.05) is 0 Å². The van der Waals surface area contributed by atoms with Gasteiger partial charge >= 0.3 is 0 Å². The zero-order chi connectivity index (χ0) is 22.8. The number of carbonyl (C=O) groups is 1. The molecule has 1 aromatic heterocycles. The summed E-state index contributed by atoms with van der Waals surface area (Å²) in [6.07, 6.45) is 1.02. The molecule has 0 aliphatic heterocycles. The van der Waals surface area contributed by atoms with Crippen LogP contribution in [0, 0.1) is 11.6 Å². The highest BCUT2D eigenvalue weighted by atomic mass is 79.9. The Morgan fingerprint density at radius 3 is 2.52 bits per heavy atom. The topological polar surface area (TPSA) is 88.2 Å². The number of hydrogen-bond donors (Lipinski definition) is 2. The number of thiazole rings is 1. The van der Waals surface area contributed by atoms with Gasteiger partial charge in [-0.25, -0.2) is 22.2 Å². The molecule has 1 heterocycles. The Labute approximate surface area is 190 Å². The molecule has 3 aromatic rings. The Hall–Kier alpha value is -2.63. The van der Waals surface area contributed by atoms with E-state index < -0.39 is 26.9 Å². The highest BCUT2D eigenvalue weighted by molar-refractivity contribution is 9.10. The quantitative estimate of drug-likeness (QED) is 0.314. The van der Waals surface area contributed by atoms with Crippen molar-refractivity contribution >= 4 is 54.0 Å². The SMILES string of the molecule is C=CC(c1cc(F)c(Br)cc1F)S(=O)(=O)Nc1nc(-c2ccc(NC(C)=O)cc2)cs1. The Kier molecular flexibility index (Phi) is 6.87. The van der Waals surface area contributed by atoms with Gasteiger partial charge in [0.25, 0.3) is 0 Å². The molecule has 0 aliphatic rings. The first-order valence-corrected chi connectivity index (χ1v) is 11.9. The average molecular weight is 528 g/mol. The van der Waals surface area contributed by atoms with Crippen LogP contribution in [0.2, 0.25) is 0 Å². The van der Waals surface area contributed by atoms with E-state index in [4.69, 9.17) is 0 Å². The summed E-state index contributed by atoms with van der Waals surface area (Å²) in [4.78, 5) is 15.4. The molecular weight excluding hydrogens is 512 g/mol. The van der Waals surface area contributed by atoms with Gasteiger partial charge in [0.05, 0.1) is 10.2 Å². The van der Waals surface area contributed by atoms with Crippen LogP contribution in [-0.2, 0) is 14.8 Å². The zero-order valence-electron chi connectivity index (χ0n) is 16.0. The van der Waals surface area contributed by atoms with Crippen molar-refractivity contribution in [2.24, 2.45) is 0 Å². The van der Waals surface area contributed by atoms with Crippen molar-refractivity contribution in [2.45, 2.75) is 12.2 Å². The lowest BCUT2D eigenvalue weighted by atomic mass is 10.1. The van der Waals surface area contributed by atoms with E-state index in [1.165, 1.54) is 6.92 Å². The minimum atomic E-state index is -4.21. The lowest BCUT2D eigenvalue weighted by Crippen LogP contribution is -2.21. The van der Waals surface area contributed by atoms with Gasteiger partial charge in [0.1, 0.15) is 16.9 Å². The van der Waals surface area contributed by atoms with Crippen LogP contribution >= 0.6 is 27.3 Å². The average Bonchev–Trinajstić information content (AvgIpc) is 3.14. The van der Waals surface area contributed by atoms with Crippen molar-refractivity contribution in [2.75, 3.05) is 10.0 Å². The molecule has 1 unspecified atom stereocenters. The van der Waals surface area contributed by atoms with Crippen LogP contribution in [0.5, 0.6) is 0 Å². The number of benzene rings is 2. The van der Waals surface area contributed by atoms with E-state index in [0.29, 0.717) is 16.9 Å². The van der Waals surface area contributed by atoms with Crippen LogP contribution in [0.3, 0.4) is 0 Å². The molecule has 2 N–H and O–H groups in total. The van der Waals surface area contributed by atoms with Gasteiger partial charge in [0.2, 0.25) is 15.9 Å². The minimum absolute atomic E-state index is 0.0609. The number of aromatic nitrogens is 1. The van der Waals surface area contributed by atoms with Gasteiger partial charge in [-0.1, -0.05) is 18.2 Å². The van der Waals surface area contributed by atoms with Crippen molar-refractivity contribution in [1.29, 1.82) is 0 Å². The second kappa shape index (κ2) is 9.25. The molecule has 1 amide bonds. The molecule has 0 saturated carbocycles. The molecule has 0 radical (unpaired) electrons. The van der Waals surface area contributed by atoms with Gasteiger partial charge in [0.15, 0.2) is 5.13 Å². The molecule has 0 bridgehead atoms. The Morgan fingerprint density at radius 1 is 1.23 bits per heavy atom. The normalized spacial score (nSPS) is 12.3. The third-order valence-corrected chi connectivity index (χ3v) is 7.22. The van der Waals surface area contributed by atoms with Crippen LogP contribution < -0.4 is 10.0 Å². The smallest absolute Gasteiger partial charge is 0.245 e. The lowest BCUT2D eigenvalue weighted by Gasteiger charge is -2.16. The summed E-state index contributed by atoms with van der Waals surface area (Å²) in [6, 6.07) is 8.52. The van der Waals surface area contributed by atoms with E-state index in [2.05, 4.69) is 37.5 Å². The van der Waals surface area contributed by atoms with Crippen LogP contribution in [0.1, 0.15) is 17.7 Å². The predicted molar refractivity (Wildman–Crippen MR) is 121 cm³/mol. The molecule has 1 atom stereocenters. The second-order valence-electron chi connectivity index (χ2n) is 6.39. The van der Waals surface area contributed by atoms with E-state index in [1.54, 1.807) is 29.6 Å². The summed E-state index contributed by atoms with van der Waals surface area (Å²) >= 11 is 3.90. The van der Waals surface area contributed by atoms with E-state index in [0.717, 1.165) is 29.5 Å². The molecule has 162 valence electrons. The van der Waals surface area contributed by atoms with Crippen LogP contribution in [-0.4, -0.2) is 19.3 Å². The lowest BCUT2D eigenvalue weighted by molar-refractivity contribution is -0.114. The fourth-order valence-corrected chi connectivity index (χ4v) is 5.35. The third kappa shape index (κ3) is 5.35. The van der Waals surface area contributed by atoms with Crippen molar-refractivity contribution < 1.29 is 22.0 Å². The third-order valence-electron chi connectivity index (χ3n) is 4.13. The Balaban J connectivity index is 1.83. The van der Waals surface area contributed by atoms with Crippen LogP contribution in [0.25, 0.3) is 11.3 Å². The molecule has 0 saturated heterocycles. The van der Waals surface area contributed by atoms with E-state index in [9.17, 15) is 22.0 Å². The maximum atomic E-state index is 14.3. The molecule has 6 nitrogen and oxygen atoms in total. The Morgan fingerprint density at radius 2 is 1.90 bits per heavy atom. The molecule has 0 fully saturated rings. The summed E-state index contributed by atoms with van der Waals surface area (Å²) in [5.74, 6) is -1.88. The van der Waals surface area contributed by atoms with Gasteiger partial charge in [-0.15, -0.1) is 17.9 Å². The number of halogens is 3. The number of amides is 1.